The summed E-state index contributed by atoms with van der Waals surface area (Å²) in [7, 11) is -4.32. The van der Waals surface area contributed by atoms with E-state index in [-0.39, 0.29) is 29.8 Å². The van der Waals surface area contributed by atoms with Gasteiger partial charge in [0, 0.05) is 21.1 Å². The second kappa shape index (κ2) is 13.3. The van der Waals surface area contributed by atoms with Crippen molar-refractivity contribution in [3.63, 3.8) is 0 Å². The van der Waals surface area contributed by atoms with Gasteiger partial charge in [0.2, 0.25) is 0 Å². The molecular weight excluding hydrogens is 608 g/mol. The van der Waals surface area contributed by atoms with Crippen molar-refractivity contribution in [3.05, 3.63) is 71.8 Å². The zero-order valence-corrected chi connectivity index (χ0v) is 29.2. The maximum atomic E-state index is 12.5. The lowest BCUT2D eigenvalue weighted by atomic mass is 10.0. The smallest absolute Gasteiger partial charge is 0.300 e. The van der Waals surface area contributed by atoms with E-state index in [4.69, 9.17) is 36.5 Å². The number of nitrogens with zero attached hydrogens (tertiary/aromatic N) is 3. The summed E-state index contributed by atoms with van der Waals surface area (Å²) in [6.07, 6.45) is 2.18. The van der Waals surface area contributed by atoms with Crippen LogP contribution in [0.2, 0.25) is 35.7 Å². The van der Waals surface area contributed by atoms with Gasteiger partial charge in [0.05, 0.1) is 17.7 Å². The molecule has 0 amide bonds. The summed E-state index contributed by atoms with van der Waals surface area (Å²) in [5.41, 5.74) is 7.23. The second-order valence-electron chi connectivity index (χ2n) is 13.7. The van der Waals surface area contributed by atoms with E-state index in [1.807, 2.05) is 41.0 Å². The van der Waals surface area contributed by atoms with Crippen molar-refractivity contribution in [1.29, 1.82) is 0 Å². The largest absolute Gasteiger partial charge is 0.459 e. The molecule has 8 nitrogen and oxygen atoms in total. The Bertz CT molecular complexity index is 1510. The first-order chi connectivity index (χ1) is 20.9. The predicted octanol–water partition coefficient (Wildman–Crippen LogP) is 5.83. The van der Waals surface area contributed by atoms with E-state index >= 15 is 0 Å². The normalized spacial score (nSPS) is 17.8. The van der Waals surface area contributed by atoms with Gasteiger partial charge in [-0.3, -0.25) is 4.57 Å². The topological polar surface area (TPSA) is 105 Å². The third kappa shape index (κ3) is 7.21. The Labute approximate surface area is 267 Å². The molecule has 2 aromatic heterocycles. The Morgan fingerprint density at radius 3 is 2.30 bits per heavy atom. The van der Waals surface area contributed by atoms with Crippen LogP contribution in [0.3, 0.4) is 0 Å². The molecule has 3 heterocycles. The molecule has 0 radical (unpaired) electrons. The van der Waals surface area contributed by atoms with Crippen molar-refractivity contribution < 1.29 is 19.0 Å². The van der Waals surface area contributed by atoms with Crippen LogP contribution in [-0.4, -0.2) is 61.1 Å². The number of nitrogens with two attached hydrogens (primary N) is 1. The number of rotatable bonds is 13. The molecule has 0 aliphatic carbocycles. The predicted molar refractivity (Wildman–Crippen MR) is 183 cm³/mol. The number of hydrogen-bond acceptors (Lipinski definition) is 7. The Hall–Kier alpha value is -2.74. The average Bonchev–Trinajstić information content (AvgIpc) is 3.58. The molecule has 1 fully saturated rings. The number of benzene rings is 2. The van der Waals surface area contributed by atoms with Crippen molar-refractivity contribution >= 4 is 55.3 Å². The number of nitrogen functional groups attached to an aromatic ring is 1. The molecule has 0 bridgehead atoms. The molecule has 11 heteroatoms. The minimum atomic E-state index is -3.08. The molecule has 2 aromatic carbocycles. The van der Waals surface area contributed by atoms with Crippen LogP contribution in [0.1, 0.15) is 33.1 Å². The van der Waals surface area contributed by atoms with Crippen LogP contribution < -0.4 is 20.8 Å². The molecule has 5 rings (SSSR count). The summed E-state index contributed by atoms with van der Waals surface area (Å²) in [4.78, 5) is 21.7. The summed E-state index contributed by atoms with van der Waals surface area (Å²) in [5, 5.41) is 2.05. The number of imidazole rings is 1. The summed E-state index contributed by atoms with van der Waals surface area (Å²) in [6, 6.07) is 23.5. The Morgan fingerprint density at radius 1 is 1.05 bits per heavy atom. The minimum absolute atomic E-state index is 0.0121. The molecule has 4 aromatic rings. The highest BCUT2D eigenvalue weighted by Gasteiger charge is 2.50. The lowest BCUT2D eigenvalue weighted by Gasteiger charge is -2.41. The van der Waals surface area contributed by atoms with Crippen LogP contribution in [0.4, 0.5) is 5.82 Å². The van der Waals surface area contributed by atoms with Crippen molar-refractivity contribution in [2.75, 3.05) is 18.9 Å². The third-order valence-corrected chi connectivity index (χ3v) is 15.2. The van der Waals surface area contributed by atoms with E-state index in [0.717, 1.165) is 35.7 Å². The van der Waals surface area contributed by atoms with Gasteiger partial charge in [-0.1, -0.05) is 106 Å². The van der Waals surface area contributed by atoms with Crippen LogP contribution in [0.15, 0.2) is 66.7 Å². The molecule has 1 aliphatic heterocycles. The van der Waals surface area contributed by atoms with Crippen molar-refractivity contribution in [1.82, 2.24) is 14.5 Å². The number of aromatic nitrogens is 3. The highest BCUT2D eigenvalue weighted by atomic mass is 35.5. The number of pyridine rings is 1. The summed E-state index contributed by atoms with van der Waals surface area (Å²) < 4.78 is 20.5. The monoisotopic (exact) mass is 652 g/mol. The molecule has 44 heavy (non-hydrogen) atoms. The molecule has 0 saturated carbocycles. The van der Waals surface area contributed by atoms with Gasteiger partial charge >= 0.3 is 6.01 Å². The van der Waals surface area contributed by atoms with Crippen molar-refractivity contribution in [2.45, 2.75) is 82.8 Å². The van der Waals surface area contributed by atoms with Crippen LogP contribution in [0.25, 0.3) is 11.2 Å². The van der Waals surface area contributed by atoms with Crippen LogP contribution >= 0.6 is 11.6 Å². The quantitative estimate of drug-likeness (QED) is 0.138. The lowest BCUT2D eigenvalue weighted by molar-refractivity contribution is 0.0670. The molecule has 1 aliphatic rings. The van der Waals surface area contributed by atoms with Gasteiger partial charge < -0.3 is 24.7 Å². The van der Waals surface area contributed by atoms with E-state index in [0.29, 0.717) is 35.4 Å². The highest BCUT2D eigenvalue weighted by molar-refractivity contribution is 6.98. The SMILES string of the molecule is CC(C)(CC[C@@H]1C[C@H](Oc2nc3cc(Cl)c(N)nc3n2COCC[Si](C)(C)C)CO1)[Si](O)(c1ccccc1)c1ccccc1. The van der Waals surface area contributed by atoms with Crippen LogP contribution in [-0.2, 0) is 16.2 Å². The standard InChI is InChI=1S/C33H45ClN4O4Si2/c1-33(2,44(39,26-12-8-6-9-13-26)27-14-10-7-11-15-27)17-16-24-20-25(22-41-24)42-32-36-29-21-28(34)30(35)37-31(29)38(32)23-40-18-19-43(3,4)5/h6-15,21,24-25,39H,16-20,22-23H2,1-5H3,(H2,35,37)/t24-,25+/m1/s1. The number of halogens is 1. The van der Waals surface area contributed by atoms with E-state index in [1.54, 1.807) is 6.07 Å². The first-order valence-corrected chi connectivity index (χ1v) is 21.4. The molecule has 236 valence electrons. The Balaban J connectivity index is 1.28. The molecule has 0 unspecified atom stereocenters. The second-order valence-corrected chi connectivity index (χ2v) is 23.6. The first-order valence-electron chi connectivity index (χ1n) is 15.4. The maximum absolute atomic E-state index is 12.5. The van der Waals surface area contributed by atoms with Gasteiger partial charge in [0.15, 0.2) is 5.65 Å². The van der Waals surface area contributed by atoms with Gasteiger partial charge in [0.25, 0.3) is 8.32 Å². The summed E-state index contributed by atoms with van der Waals surface area (Å²) >= 11 is 6.26. The molecular formula is C33H45ClN4O4Si2. The van der Waals surface area contributed by atoms with Crippen LogP contribution in [0.5, 0.6) is 6.01 Å². The lowest BCUT2D eigenvalue weighted by Crippen LogP contribution is -2.65. The number of anilines is 1. The number of hydrogen-bond donors (Lipinski definition) is 2. The fourth-order valence-electron chi connectivity index (χ4n) is 5.87. The average molecular weight is 653 g/mol. The van der Waals surface area contributed by atoms with Crippen molar-refractivity contribution in [2.24, 2.45) is 0 Å². The molecule has 0 spiro atoms. The third-order valence-electron chi connectivity index (χ3n) is 8.65. The summed E-state index contributed by atoms with van der Waals surface area (Å²) in [5.74, 6) is 0.246. The van der Waals surface area contributed by atoms with Gasteiger partial charge in [-0.15, -0.1) is 0 Å². The fraction of sp³-hybridized carbons (Fsp3) is 0.455. The minimum Gasteiger partial charge on any atom is -0.459 e. The van der Waals surface area contributed by atoms with Crippen LogP contribution in [0, 0.1) is 0 Å². The van der Waals surface area contributed by atoms with E-state index < -0.39 is 16.4 Å². The van der Waals surface area contributed by atoms with E-state index in [2.05, 4.69) is 62.7 Å². The van der Waals surface area contributed by atoms with E-state index in [9.17, 15) is 4.80 Å². The van der Waals surface area contributed by atoms with Crippen molar-refractivity contribution in [3.8, 4) is 6.01 Å². The molecule has 3 N–H and O–H groups in total. The maximum Gasteiger partial charge on any atom is 0.300 e. The Morgan fingerprint density at radius 2 is 1.68 bits per heavy atom. The van der Waals surface area contributed by atoms with Gasteiger partial charge in [-0.2, -0.15) is 4.98 Å². The zero-order chi connectivity index (χ0) is 31.5. The van der Waals surface area contributed by atoms with Gasteiger partial charge in [-0.25, -0.2) is 4.98 Å². The fourth-order valence-corrected chi connectivity index (χ4v) is 10.5. The Kier molecular flexibility index (Phi) is 9.88. The highest BCUT2D eigenvalue weighted by Crippen LogP contribution is 2.41. The molecule has 1 saturated heterocycles. The van der Waals surface area contributed by atoms with Gasteiger partial charge in [0.1, 0.15) is 24.2 Å². The van der Waals surface area contributed by atoms with Gasteiger partial charge in [-0.05, 0) is 40.4 Å². The summed E-state index contributed by atoms with van der Waals surface area (Å²) in [6.45, 7) is 12.7. The molecule has 2 atom stereocenters. The zero-order valence-electron chi connectivity index (χ0n) is 26.4. The van der Waals surface area contributed by atoms with E-state index in [1.165, 1.54) is 0 Å². The number of fused-ring (bicyclic) bond motifs is 1. The first kappa shape index (κ1) is 32.7. The number of ether oxygens (including phenoxy) is 3.